The molecule has 116 valence electrons. The Labute approximate surface area is 127 Å². The van der Waals surface area contributed by atoms with Crippen LogP contribution >= 0.6 is 0 Å². The quantitative estimate of drug-likeness (QED) is 0.905. The third-order valence-electron chi connectivity index (χ3n) is 5.17. The average molecular weight is 289 g/mol. The van der Waals surface area contributed by atoms with Gasteiger partial charge in [-0.1, -0.05) is 0 Å². The lowest BCUT2D eigenvalue weighted by atomic mass is 9.92. The van der Waals surface area contributed by atoms with Crippen LogP contribution in [0.25, 0.3) is 0 Å². The number of aromatic nitrogens is 1. The van der Waals surface area contributed by atoms with Crippen LogP contribution in [-0.2, 0) is 0 Å². The van der Waals surface area contributed by atoms with Crippen LogP contribution in [0.15, 0.2) is 18.3 Å². The lowest BCUT2D eigenvalue weighted by Crippen LogP contribution is -2.40. The van der Waals surface area contributed by atoms with Gasteiger partial charge in [0, 0.05) is 25.3 Å². The van der Waals surface area contributed by atoms with Crippen molar-refractivity contribution < 1.29 is 4.79 Å². The van der Waals surface area contributed by atoms with E-state index in [1.165, 1.54) is 25.7 Å². The molecule has 4 nitrogen and oxygen atoms in total. The molecule has 1 aromatic rings. The van der Waals surface area contributed by atoms with Crippen molar-refractivity contribution in [1.29, 1.82) is 0 Å². The van der Waals surface area contributed by atoms with Crippen LogP contribution in [0.3, 0.4) is 0 Å². The highest BCUT2D eigenvalue weighted by molar-refractivity contribution is 5.92. The van der Waals surface area contributed by atoms with Crippen LogP contribution < -0.4 is 5.32 Å². The summed E-state index contributed by atoms with van der Waals surface area (Å²) in [5.41, 5.74) is 0.897. The summed E-state index contributed by atoms with van der Waals surface area (Å²) in [6.07, 6.45) is 9.36. The first-order valence-corrected chi connectivity index (χ1v) is 8.40. The number of nitrogens with one attached hydrogen (secondary N) is 1. The lowest BCUT2D eigenvalue weighted by molar-refractivity contribution is 0.0670. The number of hydrogen-bond acceptors (Lipinski definition) is 2. The molecule has 2 heterocycles. The second-order valence-electron chi connectivity index (χ2n) is 6.51. The van der Waals surface area contributed by atoms with E-state index in [9.17, 15) is 4.79 Å². The standard InChI is InChI=1S/C17H27N3O/c1-18-10-7-14-8-12-19(13-9-14)17(21)16-6-3-11-20(16)15-4-2-5-15/h3,6,11,14-15,18H,2,4-5,7-10,12-13H2,1H3. The normalized spacial score (nSPS) is 20.5. The van der Waals surface area contributed by atoms with Gasteiger partial charge in [-0.2, -0.15) is 0 Å². The summed E-state index contributed by atoms with van der Waals surface area (Å²) >= 11 is 0. The smallest absolute Gasteiger partial charge is 0.270 e. The molecule has 0 bridgehead atoms. The fourth-order valence-electron chi connectivity index (χ4n) is 3.49. The van der Waals surface area contributed by atoms with Crippen molar-refractivity contribution in [3.63, 3.8) is 0 Å². The maximum atomic E-state index is 12.7. The molecule has 0 aromatic carbocycles. The molecular weight excluding hydrogens is 262 g/mol. The van der Waals surface area contributed by atoms with Gasteiger partial charge in [-0.15, -0.1) is 0 Å². The second-order valence-corrected chi connectivity index (χ2v) is 6.51. The molecule has 1 N–H and O–H groups in total. The van der Waals surface area contributed by atoms with E-state index >= 15 is 0 Å². The summed E-state index contributed by atoms with van der Waals surface area (Å²) in [4.78, 5) is 14.8. The number of carbonyl (C=O) groups excluding carboxylic acids is 1. The number of piperidine rings is 1. The maximum Gasteiger partial charge on any atom is 0.270 e. The van der Waals surface area contributed by atoms with Crippen LogP contribution in [-0.4, -0.2) is 42.1 Å². The topological polar surface area (TPSA) is 37.3 Å². The molecule has 1 aliphatic heterocycles. The van der Waals surface area contributed by atoms with E-state index < -0.39 is 0 Å². The molecule has 0 radical (unpaired) electrons. The van der Waals surface area contributed by atoms with Gasteiger partial charge in [0.2, 0.25) is 0 Å². The molecule has 0 unspecified atom stereocenters. The van der Waals surface area contributed by atoms with Crippen LogP contribution in [0.4, 0.5) is 0 Å². The van der Waals surface area contributed by atoms with Crippen molar-refractivity contribution in [1.82, 2.24) is 14.8 Å². The van der Waals surface area contributed by atoms with E-state index in [1.54, 1.807) is 0 Å². The molecule has 2 fully saturated rings. The number of rotatable bonds is 5. The van der Waals surface area contributed by atoms with Gasteiger partial charge in [0.1, 0.15) is 5.69 Å². The highest BCUT2D eigenvalue weighted by Crippen LogP contribution is 2.33. The van der Waals surface area contributed by atoms with E-state index in [4.69, 9.17) is 0 Å². The predicted octanol–water partition coefficient (Wildman–Crippen LogP) is 2.67. The van der Waals surface area contributed by atoms with Crippen molar-refractivity contribution in [3.8, 4) is 0 Å². The first kappa shape index (κ1) is 14.6. The lowest BCUT2D eigenvalue weighted by Gasteiger charge is -2.34. The van der Waals surface area contributed by atoms with Gasteiger partial charge in [0.25, 0.3) is 5.91 Å². The van der Waals surface area contributed by atoms with E-state index in [-0.39, 0.29) is 5.91 Å². The monoisotopic (exact) mass is 289 g/mol. The molecular formula is C17H27N3O. The Hall–Kier alpha value is -1.29. The van der Waals surface area contributed by atoms with Crippen LogP contribution in [0, 0.1) is 5.92 Å². The van der Waals surface area contributed by atoms with Crippen molar-refractivity contribution in [2.45, 2.75) is 44.6 Å². The molecule has 1 aromatic heterocycles. The van der Waals surface area contributed by atoms with Gasteiger partial charge in [-0.05, 0) is 70.2 Å². The first-order chi connectivity index (χ1) is 10.3. The number of carbonyl (C=O) groups is 1. The highest BCUT2D eigenvalue weighted by atomic mass is 16.2. The van der Waals surface area contributed by atoms with E-state index in [2.05, 4.69) is 21.0 Å². The molecule has 4 heteroatoms. The SMILES string of the molecule is CNCCC1CCN(C(=O)c2cccn2C2CCC2)CC1. The van der Waals surface area contributed by atoms with Gasteiger partial charge >= 0.3 is 0 Å². The molecule has 0 atom stereocenters. The van der Waals surface area contributed by atoms with Crippen LogP contribution in [0.1, 0.15) is 55.1 Å². The second kappa shape index (κ2) is 6.65. The Kier molecular flexibility index (Phi) is 4.63. The largest absolute Gasteiger partial charge is 0.340 e. The summed E-state index contributed by atoms with van der Waals surface area (Å²) in [5.74, 6) is 1.01. The molecule has 1 aliphatic carbocycles. The zero-order valence-corrected chi connectivity index (χ0v) is 13.1. The van der Waals surface area contributed by atoms with Gasteiger partial charge in [0.15, 0.2) is 0 Å². The first-order valence-electron chi connectivity index (χ1n) is 8.40. The number of hydrogen-bond donors (Lipinski definition) is 1. The molecule has 1 saturated carbocycles. The van der Waals surface area contributed by atoms with E-state index in [0.717, 1.165) is 44.1 Å². The van der Waals surface area contributed by atoms with Crippen molar-refractivity contribution in [2.75, 3.05) is 26.7 Å². The third kappa shape index (κ3) is 3.15. The third-order valence-corrected chi connectivity index (χ3v) is 5.17. The van der Waals surface area contributed by atoms with Crippen molar-refractivity contribution >= 4 is 5.91 Å². The summed E-state index contributed by atoms with van der Waals surface area (Å²) in [7, 11) is 2.01. The Morgan fingerprint density at radius 3 is 2.67 bits per heavy atom. The van der Waals surface area contributed by atoms with Gasteiger partial charge in [-0.3, -0.25) is 4.79 Å². The van der Waals surface area contributed by atoms with Crippen molar-refractivity contribution in [2.24, 2.45) is 5.92 Å². The minimum Gasteiger partial charge on any atom is -0.340 e. The highest BCUT2D eigenvalue weighted by Gasteiger charge is 2.28. The Balaban J connectivity index is 1.58. The average Bonchev–Trinajstić information content (AvgIpc) is 2.92. The van der Waals surface area contributed by atoms with Crippen molar-refractivity contribution in [3.05, 3.63) is 24.0 Å². The molecule has 1 saturated heterocycles. The molecule has 0 spiro atoms. The maximum absolute atomic E-state index is 12.7. The fourth-order valence-corrected chi connectivity index (χ4v) is 3.49. The number of nitrogens with zero attached hydrogens (tertiary/aromatic N) is 2. The Morgan fingerprint density at radius 1 is 1.29 bits per heavy atom. The number of likely N-dealkylation sites (tertiary alicyclic amines) is 1. The zero-order valence-electron chi connectivity index (χ0n) is 13.1. The summed E-state index contributed by atoms with van der Waals surface area (Å²) in [5, 5.41) is 3.22. The Bertz CT molecular complexity index is 470. The predicted molar refractivity (Wildman–Crippen MR) is 84.5 cm³/mol. The van der Waals surface area contributed by atoms with Crippen LogP contribution in [0.2, 0.25) is 0 Å². The minimum atomic E-state index is 0.235. The zero-order chi connectivity index (χ0) is 14.7. The number of amides is 1. The van der Waals surface area contributed by atoms with Gasteiger partial charge in [0.05, 0.1) is 0 Å². The minimum absolute atomic E-state index is 0.235. The van der Waals surface area contributed by atoms with Gasteiger partial charge < -0.3 is 14.8 Å². The van der Waals surface area contributed by atoms with Crippen LogP contribution in [0.5, 0.6) is 0 Å². The fraction of sp³-hybridized carbons (Fsp3) is 0.706. The summed E-state index contributed by atoms with van der Waals surface area (Å²) in [6, 6.07) is 4.58. The summed E-state index contributed by atoms with van der Waals surface area (Å²) < 4.78 is 2.21. The Morgan fingerprint density at radius 2 is 2.05 bits per heavy atom. The molecule has 2 aliphatic rings. The molecule has 1 amide bonds. The molecule has 3 rings (SSSR count). The van der Waals surface area contributed by atoms with E-state index in [0.29, 0.717) is 6.04 Å². The van der Waals surface area contributed by atoms with Gasteiger partial charge in [-0.25, -0.2) is 0 Å². The molecule has 21 heavy (non-hydrogen) atoms. The summed E-state index contributed by atoms with van der Waals surface area (Å²) in [6.45, 7) is 2.93. The van der Waals surface area contributed by atoms with E-state index in [1.807, 2.05) is 19.2 Å².